The molecule has 112 valence electrons. The minimum absolute atomic E-state index is 0.314. The predicted octanol–water partition coefficient (Wildman–Crippen LogP) is 1.41. The summed E-state index contributed by atoms with van der Waals surface area (Å²) in [4.78, 5) is 2.44. The lowest BCUT2D eigenvalue weighted by Crippen LogP contribution is -2.32. The molecule has 0 spiro atoms. The molecule has 1 aliphatic rings. The van der Waals surface area contributed by atoms with E-state index in [4.69, 9.17) is 0 Å². The predicted molar refractivity (Wildman–Crippen MR) is 81.2 cm³/mol. The monoisotopic (exact) mass is 286 g/mol. The Morgan fingerprint density at radius 2 is 2.29 bits per heavy atom. The van der Waals surface area contributed by atoms with E-state index in [0.29, 0.717) is 6.04 Å². The van der Waals surface area contributed by atoms with E-state index in [1.807, 2.05) is 12.1 Å². The summed E-state index contributed by atoms with van der Waals surface area (Å²) >= 11 is 0. The van der Waals surface area contributed by atoms with Gasteiger partial charge in [0.2, 0.25) is 0 Å². The van der Waals surface area contributed by atoms with Crippen molar-refractivity contribution < 1.29 is 0 Å². The molecule has 0 radical (unpaired) electrons. The van der Waals surface area contributed by atoms with Crippen LogP contribution >= 0.6 is 0 Å². The molecule has 2 aromatic rings. The second kappa shape index (κ2) is 6.32. The van der Waals surface area contributed by atoms with E-state index in [-0.39, 0.29) is 0 Å². The van der Waals surface area contributed by atoms with Gasteiger partial charge < -0.3 is 10.2 Å². The quantitative estimate of drug-likeness (QED) is 0.834. The Kier molecular flexibility index (Phi) is 4.26. The molecule has 1 fully saturated rings. The maximum absolute atomic E-state index is 3.93. The molecule has 0 amide bonds. The van der Waals surface area contributed by atoms with Crippen molar-refractivity contribution in [1.29, 1.82) is 0 Å². The first-order chi connectivity index (χ1) is 10.2. The van der Waals surface area contributed by atoms with Gasteiger partial charge in [-0.15, -0.1) is 5.10 Å². The van der Waals surface area contributed by atoms with Crippen molar-refractivity contribution in [2.45, 2.75) is 31.8 Å². The molecule has 0 saturated heterocycles. The highest BCUT2D eigenvalue weighted by atomic mass is 15.5. The van der Waals surface area contributed by atoms with Gasteiger partial charge in [0.15, 0.2) is 0 Å². The van der Waals surface area contributed by atoms with Crippen molar-refractivity contribution in [3.63, 3.8) is 0 Å². The van der Waals surface area contributed by atoms with Crippen molar-refractivity contribution in [3.8, 4) is 5.69 Å². The lowest BCUT2D eigenvalue weighted by molar-refractivity contribution is 0.316. The van der Waals surface area contributed by atoms with Gasteiger partial charge in [-0.1, -0.05) is 12.1 Å². The Morgan fingerprint density at radius 3 is 3.00 bits per heavy atom. The number of aromatic nitrogens is 4. The highest BCUT2D eigenvalue weighted by molar-refractivity contribution is 5.35. The third-order valence-corrected chi connectivity index (χ3v) is 4.07. The Morgan fingerprint density at radius 1 is 1.43 bits per heavy atom. The summed E-state index contributed by atoms with van der Waals surface area (Å²) in [5.74, 6) is 0. The maximum Gasteiger partial charge on any atom is 0.143 e. The van der Waals surface area contributed by atoms with E-state index < -0.39 is 0 Å². The molecule has 1 atom stereocenters. The summed E-state index contributed by atoms with van der Waals surface area (Å²) in [6.07, 6.45) is 4.34. The zero-order valence-corrected chi connectivity index (χ0v) is 12.6. The minimum atomic E-state index is 0.314. The molecule has 1 aromatic carbocycles. The molecule has 1 N–H and O–H groups in total. The zero-order valence-electron chi connectivity index (χ0n) is 12.6. The number of hydrogen-bond acceptors (Lipinski definition) is 5. The number of nitrogens with one attached hydrogen (secondary N) is 1. The lowest BCUT2D eigenvalue weighted by Gasteiger charge is -2.19. The van der Waals surface area contributed by atoms with Crippen LogP contribution < -0.4 is 5.32 Å². The molecule has 1 aliphatic carbocycles. The van der Waals surface area contributed by atoms with Crippen LogP contribution in [0.3, 0.4) is 0 Å². The zero-order chi connectivity index (χ0) is 14.7. The van der Waals surface area contributed by atoms with E-state index in [9.17, 15) is 0 Å². The van der Waals surface area contributed by atoms with Crippen LogP contribution in [0.5, 0.6) is 0 Å². The van der Waals surface area contributed by atoms with Gasteiger partial charge in [-0.25, -0.2) is 4.68 Å². The molecule has 1 unspecified atom stereocenters. The molecule has 1 saturated carbocycles. The van der Waals surface area contributed by atoms with Crippen LogP contribution in [0.25, 0.3) is 5.69 Å². The normalized spacial score (nSPS) is 16.3. The smallest absolute Gasteiger partial charge is 0.143 e. The van der Waals surface area contributed by atoms with Gasteiger partial charge in [-0.3, -0.25) is 0 Å². The van der Waals surface area contributed by atoms with Crippen LogP contribution in [0, 0.1) is 0 Å². The van der Waals surface area contributed by atoms with Crippen LogP contribution in [0.15, 0.2) is 30.6 Å². The number of likely N-dealkylation sites (N-methyl/N-ethyl adjacent to an activating group) is 1. The van der Waals surface area contributed by atoms with Crippen molar-refractivity contribution in [3.05, 3.63) is 36.2 Å². The summed E-state index contributed by atoms with van der Waals surface area (Å²) < 4.78 is 1.68. The van der Waals surface area contributed by atoms with Crippen molar-refractivity contribution in [2.75, 3.05) is 20.1 Å². The fraction of sp³-hybridized carbons (Fsp3) is 0.533. The maximum atomic E-state index is 3.93. The largest absolute Gasteiger partial charge is 0.309 e. The van der Waals surface area contributed by atoms with Crippen LogP contribution in [-0.2, 0) is 0 Å². The summed E-state index contributed by atoms with van der Waals surface area (Å²) in [5, 5.41) is 14.9. The van der Waals surface area contributed by atoms with Crippen LogP contribution in [-0.4, -0.2) is 51.3 Å². The number of tetrazole rings is 1. The SMILES string of the molecule is CC(NCCN(C)C1CC1)c1cccc(-n2cnnn2)c1. The van der Waals surface area contributed by atoms with Crippen molar-refractivity contribution in [1.82, 2.24) is 30.4 Å². The third-order valence-electron chi connectivity index (χ3n) is 4.07. The summed E-state index contributed by atoms with van der Waals surface area (Å²) in [6, 6.07) is 9.45. The van der Waals surface area contributed by atoms with E-state index in [1.54, 1.807) is 11.0 Å². The Bertz CT molecular complexity index is 563. The molecular weight excluding hydrogens is 264 g/mol. The molecule has 0 bridgehead atoms. The van der Waals surface area contributed by atoms with Gasteiger partial charge in [0.05, 0.1) is 5.69 Å². The molecule has 6 nitrogen and oxygen atoms in total. The average molecular weight is 286 g/mol. The first kappa shape index (κ1) is 14.2. The highest BCUT2D eigenvalue weighted by Gasteiger charge is 2.25. The van der Waals surface area contributed by atoms with Crippen LogP contribution in [0.2, 0.25) is 0 Å². The summed E-state index contributed by atoms with van der Waals surface area (Å²) in [7, 11) is 2.21. The molecule has 6 heteroatoms. The van der Waals surface area contributed by atoms with Gasteiger partial charge >= 0.3 is 0 Å². The second-order valence-electron chi connectivity index (χ2n) is 5.74. The van der Waals surface area contributed by atoms with E-state index in [0.717, 1.165) is 24.8 Å². The fourth-order valence-corrected chi connectivity index (χ4v) is 2.49. The van der Waals surface area contributed by atoms with Crippen molar-refractivity contribution in [2.24, 2.45) is 0 Å². The molecule has 21 heavy (non-hydrogen) atoms. The van der Waals surface area contributed by atoms with Gasteiger partial charge in [-0.2, -0.15) is 0 Å². The van der Waals surface area contributed by atoms with E-state index >= 15 is 0 Å². The number of hydrogen-bond donors (Lipinski definition) is 1. The fourth-order valence-electron chi connectivity index (χ4n) is 2.49. The average Bonchev–Trinajstić information content (AvgIpc) is 3.22. The van der Waals surface area contributed by atoms with Crippen molar-refractivity contribution >= 4 is 0 Å². The Balaban J connectivity index is 1.56. The standard InChI is InChI=1S/C15H22N6/c1-12(16-8-9-20(2)14-6-7-14)13-4-3-5-15(10-13)21-11-17-18-19-21/h3-5,10-12,14,16H,6-9H2,1-2H3. The highest BCUT2D eigenvalue weighted by Crippen LogP contribution is 2.24. The number of benzene rings is 1. The van der Waals surface area contributed by atoms with Crippen LogP contribution in [0.4, 0.5) is 0 Å². The van der Waals surface area contributed by atoms with Gasteiger partial charge in [0.1, 0.15) is 6.33 Å². The first-order valence-corrected chi connectivity index (χ1v) is 7.51. The van der Waals surface area contributed by atoms with Gasteiger partial charge in [0.25, 0.3) is 0 Å². The van der Waals surface area contributed by atoms with Gasteiger partial charge in [0, 0.05) is 25.2 Å². The first-order valence-electron chi connectivity index (χ1n) is 7.51. The lowest BCUT2D eigenvalue weighted by atomic mass is 10.1. The van der Waals surface area contributed by atoms with E-state index in [1.165, 1.54) is 18.4 Å². The minimum Gasteiger partial charge on any atom is -0.309 e. The number of rotatable bonds is 7. The molecule has 0 aliphatic heterocycles. The second-order valence-corrected chi connectivity index (χ2v) is 5.74. The van der Waals surface area contributed by atoms with Crippen LogP contribution in [0.1, 0.15) is 31.4 Å². The molecule has 1 heterocycles. The molecule has 3 rings (SSSR count). The third kappa shape index (κ3) is 3.65. The summed E-state index contributed by atoms with van der Waals surface area (Å²) in [5.41, 5.74) is 2.23. The number of nitrogens with zero attached hydrogens (tertiary/aromatic N) is 5. The molecular formula is C15H22N6. The molecule has 1 aromatic heterocycles. The van der Waals surface area contributed by atoms with Gasteiger partial charge in [-0.05, 0) is 54.9 Å². The Hall–Kier alpha value is -1.79. The van der Waals surface area contributed by atoms with E-state index in [2.05, 4.69) is 51.8 Å². The topological polar surface area (TPSA) is 58.9 Å². The Labute approximate surface area is 125 Å². The summed E-state index contributed by atoms with van der Waals surface area (Å²) in [6.45, 7) is 4.29.